The Morgan fingerprint density at radius 3 is 2.42 bits per heavy atom. The highest BCUT2D eigenvalue weighted by Crippen LogP contribution is 2.11. The molecule has 2 aromatic rings. The predicted octanol–water partition coefficient (Wildman–Crippen LogP) is 3.77. The minimum atomic E-state index is -0.364. The van der Waals surface area contributed by atoms with Crippen LogP contribution in [-0.4, -0.2) is 18.2 Å². The minimum Gasteiger partial charge on any atom is -0.484 e. The lowest BCUT2D eigenvalue weighted by Gasteiger charge is -2.10. The Hall–Kier alpha value is -2.69. The Labute approximate surface area is 141 Å². The second-order valence-corrected chi connectivity index (χ2v) is 5.80. The average Bonchev–Trinajstić information content (AvgIpc) is 2.58. The van der Waals surface area contributed by atoms with Crippen molar-refractivity contribution in [1.29, 1.82) is 0 Å². The predicted molar refractivity (Wildman–Crippen MR) is 92.5 cm³/mol. The van der Waals surface area contributed by atoms with Crippen molar-refractivity contribution < 1.29 is 13.9 Å². The van der Waals surface area contributed by atoms with Crippen LogP contribution in [0.5, 0.6) is 5.75 Å². The van der Waals surface area contributed by atoms with Crippen LogP contribution in [0, 0.1) is 11.7 Å². The first-order valence-corrected chi connectivity index (χ1v) is 7.84. The number of nitrogens with zero attached hydrogens (tertiary/aromatic N) is 1. The van der Waals surface area contributed by atoms with Crippen molar-refractivity contribution in [3.05, 3.63) is 66.0 Å². The number of hydrazone groups is 1. The second kappa shape index (κ2) is 8.82. The van der Waals surface area contributed by atoms with E-state index in [1.807, 2.05) is 30.3 Å². The lowest BCUT2D eigenvalue weighted by molar-refractivity contribution is -0.123. The number of hydrogen-bond donors (Lipinski definition) is 1. The molecule has 1 amide bonds. The Morgan fingerprint density at radius 2 is 1.79 bits per heavy atom. The maximum atomic E-state index is 12.8. The highest BCUT2D eigenvalue weighted by atomic mass is 19.1. The van der Waals surface area contributed by atoms with Gasteiger partial charge in [-0.1, -0.05) is 44.2 Å². The van der Waals surface area contributed by atoms with Gasteiger partial charge in [-0.15, -0.1) is 0 Å². The zero-order valence-electron chi connectivity index (χ0n) is 13.8. The van der Waals surface area contributed by atoms with Crippen LogP contribution in [0.2, 0.25) is 0 Å². The van der Waals surface area contributed by atoms with Crippen LogP contribution >= 0.6 is 0 Å². The van der Waals surface area contributed by atoms with Gasteiger partial charge in [0.25, 0.3) is 5.91 Å². The maximum absolute atomic E-state index is 12.8. The molecule has 0 atom stereocenters. The number of rotatable bonds is 7. The van der Waals surface area contributed by atoms with Crippen molar-refractivity contribution in [3.63, 3.8) is 0 Å². The van der Waals surface area contributed by atoms with Gasteiger partial charge in [0.15, 0.2) is 6.61 Å². The number of carbonyl (C=O) groups is 1. The summed E-state index contributed by atoms with van der Waals surface area (Å²) >= 11 is 0. The van der Waals surface area contributed by atoms with Crippen LogP contribution in [0.3, 0.4) is 0 Å². The molecule has 4 nitrogen and oxygen atoms in total. The standard InChI is InChI=1S/C19H21FN2O2/c1-14(2)12-18(15-6-4-3-5-7-15)21-22-19(23)13-24-17-10-8-16(20)9-11-17/h3-11,14H,12-13H2,1-2H3,(H,22,23)/b21-18-. The third-order valence-electron chi connectivity index (χ3n) is 3.21. The van der Waals surface area contributed by atoms with Crippen LogP contribution in [0.1, 0.15) is 25.8 Å². The fourth-order valence-corrected chi connectivity index (χ4v) is 2.09. The second-order valence-electron chi connectivity index (χ2n) is 5.80. The Kier molecular flexibility index (Phi) is 6.49. The van der Waals surface area contributed by atoms with E-state index in [0.717, 1.165) is 17.7 Å². The molecule has 0 saturated heterocycles. The third kappa shape index (κ3) is 5.83. The first-order chi connectivity index (χ1) is 11.5. The van der Waals surface area contributed by atoms with Gasteiger partial charge in [-0.2, -0.15) is 5.10 Å². The number of halogens is 1. The quantitative estimate of drug-likeness (QED) is 0.621. The first kappa shape index (κ1) is 17.7. The number of hydrogen-bond acceptors (Lipinski definition) is 3. The summed E-state index contributed by atoms with van der Waals surface area (Å²) in [5.41, 5.74) is 4.32. The largest absolute Gasteiger partial charge is 0.484 e. The third-order valence-corrected chi connectivity index (χ3v) is 3.21. The molecule has 0 aliphatic heterocycles. The zero-order valence-corrected chi connectivity index (χ0v) is 13.8. The lowest BCUT2D eigenvalue weighted by atomic mass is 10.0. The van der Waals surface area contributed by atoms with Gasteiger partial charge < -0.3 is 4.74 Å². The van der Waals surface area contributed by atoms with E-state index in [9.17, 15) is 9.18 Å². The molecule has 0 bridgehead atoms. The van der Waals surface area contributed by atoms with E-state index in [4.69, 9.17) is 4.74 Å². The summed E-state index contributed by atoms with van der Waals surface area (Å²) < 4.78 is 18.1. The molecule has 0 spiro atoms. The fraction of sp³-hybridized carbons (Fsp3) is 0.263. The van der Waals surface area contributed by atoms with Crippen LogP contribution in [0.25, 0.3) is 0 Å². The highest BCUT2D eigenvalue weighted by molar-refractivity contribution is 6.01. The molecule has 0 heterocycles. The maximum Gasteiger partial charge on any atom is 0.277 e. The van der Waals surface area contributed by atoms with Crippen LogP contribution < -0.4 is 10.2 Å². The number of amides is 1. The number of benzene rings is 2. The van der Waals surface area contributed by atoms with Gasteiger partial charge in [-0.05, 0) is 42.2 Å². The summed E-state index contributed by atoms with van der Waals surface area (Å²) in [6, 6.07) is 15.2. The summed E-state index contributed by atoms with van der Waals surface area (Å²) in [7, 11) is 0. The molecule has 0 aromatic heterocycles. The van der Waals surface area contributed by atoms with E-state index in [-0.39, 0.29) is 18.3 Å². The average molecular weight is 328 g/mol. The molecular formula is C19H21FN2O2. The van der Waals surface area contributed by atoms with Crippen LogP contribution in [0.15, 0.2) is 59.7 Å². The van der Waals surface area contributed by atoms with Gasteiger partial charge in [0, 0.05) is 0 Å². The summed E-state index contributed by atoms with van der Waals surface area (Å²) in [6.07, 6.45) is 0.753. The summed E-state index contributed by atoms with van der Waals surface area (Å²) in [4.78, 5) is 11.9. The Bertz CT molecular complexity index is 682. The Balaban J connectivity index is 1.94. The molecule has 2 aromatic carbocycles. The van der Waals surface area contributed by atoms with Gasteiger partial charge in [-0.25, -0.2) is 9.82 Å². The highest BCUT2D eigenvalue weighted by Gasteiger charge is 2.08. The summed E-state index contributed by atoms with van der Waals surface area (Å²) in [5.74, 6) is 0.131. The topological polar surface area (TPSA) is 50.7 Å². The minimum absolute atomic E-state index is 0.182. The fourth-order valence-electron chi connectivity index (χ4n) is 2.09. The summed E-state index contributed by atoms with van der Waals surface area (Å²) in [6.45, 7) is 4.01. The molecule has 1 N–H and O–H groups in total. The van der Waals surface area contributed by atoms with E-state index in [1.54, 1.807) is 0 Å². The van der Waals surface area contributed by atoms with E-state index in [1.165, 1.54) is 24.3 Å². The van der Waals surface area contributed by atoms with Gasteiger partial charge in [0.2, 0.25) is 0 Å². The smallest absolute Gasteiger partial charge is 0.277 e. The zero-order chi connectivity index (χ0) is 17.4. The molecule has 24 heavy (non-hydrogen) atoms. The van der Waals surface area contributed by atoms with Gasteiger partial charge >= 0.3 is 0 Å². The molecule has 0 unspecified atom stereocenters. The van der Waals surface area contributed by atoms with Gasteiger partial charge in [0.1, 0.15) is 11.6 Å². The van der Waals surface area contributed by atoms with Crippen molar-refractivity contribution in [2.24, 2.45) is 11.0 Å². The van der Waals surface area contributed by atoms with Crippen molar-refractivity contribution in [1.82, 2.24) is 5.43 Å². The SMILES string of the molecule is CC(C)C/C(=N/NC(=O)COc1ccc(F)cc1)c1ccccc1. The normalized spacial score (nSPS) is 11.4. The van der Waals surface area contributed by atoms with Crippen molar-refractivity contribution in [3.8, 4) is 5.75 Å². The lowest BCUT2D eigenvalue weighted by Crippen LogP contribution is -2.26. The monoisotopic (exact) mass is 328 g/mol. The van der Waals surface area contributed by atoms with E-state index in [2.05, 4.69) is 24.4 Å². The van der Waals surface area contributed by atoms with Gasteiger partial charge in [-0.3, -0.25) is 4.79 Å². The molecule has 5 heteroatoms. The number of carbonyl (C=O) groups excluding carboxylic acids is 1. The first-order valence-electron chi connectivity index (χ1n) is 7.84. The molecule has 0 aliphatic carbocycles. The van der Waals surface area contributed by atoms with Gasteiger partial charge in [0.05, 0.1) is 5.71 Å². The summed E-state index contributed by atoms with van der Waals surface area (Å²) in [5, 5.41) is 4.24. The molecular weight excluding hydrogens is 307 g/mol. The van der Waals surface area contributed by atoms with Crippen LogP contribution in [-0.2, 0) is 4.79 Å². The number of nitrogens with one attached hydrogen (secondary N) is 1. The van der Waals surface area contributed by atoms with E-state index < -0.39 is 0 Å². The van der Waals surface area contributed by atoms with Crippen molar-refractivity contribution >= 4 is 11.6 Å². The molecule has 0 saturated carbocycles. The molecule has 126 valence electrons. The van der Waals surface area contributed by atoms with E-state index >= 15 is 0 Å². The van der Waals surface area contributed by atoms with Crippen molar-refractivity contribution in [2.45, 2.75) is 20.3 Å². The molecule has 0 fully saturated rings. The Morgan fingerprint density at radius 1 is 1.12 bits per heavy atom. The molecule has 0 aliphatic rings. The number of ether oxygens (including phenoxy) is 1. The molecule has 0 radical (unpaired) electrons. The van der Waals surface area contributed by atoms with Crippen molar-refractivity contribution in [2.75, 3.05) is 6.61 Å². The van der Waals surface area contributed by atoms with E-state index in [0.29, 0.717) is 11.7 Å². The van der Waals surface area contributed by atoms with Crippen LogP contribution in [0.4, 0.5) is 4.39 Å². The molecule has 2 rings (SSSR count).